The highest BCUT2D eigenvalue weighted by atomic mass is 19.1. The molecule has 6 rings (SSSR count). The number of aliphatic hydroxyl groups is 1. The number of likely N-dealkylation sites (tertiary alicyclic amines) is 1. The minimum atomic E-state index is -1.29. The van der Waals surface area contributed by atoms with Gasteiger partial charge < -0.3 is 29.0 Å². The van der Waals surface area contributed by atoms with Gasteiger partial charge in [-0.15, -0.1) is 0 Å². The lowest BCUT2D eigenvalue weighted by Gasteiger charge is -2.37. The van der Waals surface area contributed by atoms with Crippen LogP contribution in [0.1, 0.15) is 40.2 Å². The van der Waals surface area contributed by atoms with Gasteiger partial charge in [0.2, 0.25) is 0 Å². The van der Waals surface area contributed by atoms with Gasteiger partial charge in [0.25, 0.3) is 0 Å². The molecule has 2 aliphatic heterocycles. The fraction of sp³-hybridized carbons (Fsp3) is 0.323. The number of carboxylic acids is 1. The van der Waals surface area contributed by atoms with E-state index in [-0.39, 0.29) is 36.1 Å². The first-order valence-corrected chi connectivity index (χ1v) is 13.7. The number of aromatic carboxylic acids is 1. The topological polar surface area (TPSA) is 130 Å². The van der Waals surface area contributed by atoms with Gasteiger partial charge in [0.1, 0.15) is 24.3 Å². The number of rotatable bonds is 10. The zero-order valence-electron chi connectivity index (χ0n) is 22.7. The molecule has 10 nitrogen and oxygen atoms in total. The molecule has 216 valence electrons. The first-order chi connectivity index (χ1) is 20.3. The molecule has 2 saturated heterocycles. The van der Waals surface area contributed by atoms with Gasteiger partial charge in [0.05, 0.1) is 47.9 Å². The zero-order chi connectivity index (χ0) is 29.3. The molecule has 2 fully saturated rings. The van der Waals surface area contributed by atoms with Crippen molar-refractivity contribution < 1.29 is 33.6 Å². The maximum absolute atomic E-state index is 14.2. The summed E-state index contributed by atoms with van der Waals surface area (Å²) in [4.78, 5) is 18.6. The van der Waals surface area contributed by atoms with E-state index in [4.69, 9.17) is 24.5 Å². The number of nitriles is 1. The minimum Gasteiger partial charge on any atom is -0.489 e. The summed E-state index contributed by atoms with van der Waals surface area (Å²) in [6, 6.07) is 18.3. The van der Waals surface area contributed by atoms with Gasteiger partial charge in [-0.25, -0.2) is 14.2 Å². The monoisotopic (exact) mass is 572 g/mol. The van der Waals surface area contributed by atoms with Crippen LogP contribution in [0.2, 0.25) is 0 Å². The maximum Gasteiger partial charge on any atom is 0.335 e. The molecule has 0 aliphatic carbocycles. The van der Waals surface area contributed by atoms with Gasteiger partial charge in [0, 0.05) is 19.5 Å². The molecule has 11 heteroatoms. The Balaban J connectivity index is 1.11. The fourth-order valence-corrected chi connectivity index (χ4v) is 5.30. The summed E-state index contributed by atoms with van der Waals surface area (Å²) in [6.45, 7) is 2.71. The molecule has 42 heavy (non-hydrogen) atoms. The summed E-state index contributed by atoms with van der Waals surface area (Å²) in [5, 5.41) is 29.1. The van der Waals surface area contributed by atoms with E-state index in [0.717, 1.165) is 24.6 Å². The van der Waals surface area contributed by atoms with Gasteiger partial charge in [-0.1, -0.05) is 12.1 Å². The molecular formula is C31H29FN4O6. The van der Waals surface area contributed by atoms with Gasteiger partial charge >= 0.3 is 5.97 Å². The zero-order valence-corrected chi connectivity index (χ0v) is 22.7. The molecule has 0 spiro atoms. The average Bonchev–Trinajstić information content (AvgIpc) is 3.54. The van der Waals surface area contributed by atoms with Crippen molar-refractivity contribution in [1.29, 1.82) is 5.26 Å². The molecule has 2 atom stereocenters. The third-order valence-corrected chi connectivity index (χ3v) is 7.59. The molecule has 3 heterocycles. The second-order valence-electron chi connectivity index (χ2n) is 10.6. The van der Waals surface area contributed by atoms with Crippen molar-refractivity contribution >= 4 is 17.0 Å². The smallest absolute Gasteiger partial charge is 0.335 e. The Hall–Kier alpha value is -4.50. The lowest BCUT2D eigenvalue weighted by molar-refractivity contribution is -0.288. The number of hydrogen-bond acceptors (Lipinski definition) is 8. The second-order valence-corrected chi connectivity index (χ2v) is 10.6. The predicted molar refractivity (Wildman–Crippen MR) is 148 cm³/mol. The van der Waals surface area contributed by atoms with Crippen molar-refractivity contribution in [3.8, 4) is 17.6 Å². The van der Waals surface area contributed by atoms with Crippen molar-refractivity contribution in [2.45, 2.75) is 44.4 Å². The van der Waals surface area contributed by atoms with Crippen LogP contribution < -0.4 is 9.47 Å². The molecule has 2 N–H and O–H groups in total. The lowest BCUT2D eigenvalue weighted by Crippen LogP contribution is -2.47. The van der Waals surface area contributed by atoms with Crippen molar-refractivity contribution in [1.82, 2.24) is 14.5 Å². The number of halogens is 1. The van der Waals surface area contributed by atoms with Gasteiger partial charge in [-0.05, 0) is 60.5 Å². The highest BCUT2D eigenvalue weighted by Gasteiger charge is 2.38. The molecule has 0 saturated carbocycles. The number of fused-ring (bicyclic) bond motifs is 1. The van der Waals surface area contributed by atoms with Crippen LogP contribution in [-0.4, -0.2) is 62.2 Å². The highest BCUT2D eigenvalue weighted by molar-refractivity contribution is 5.92. The number of ether oxygens (including phenoxy) is 3. The standard InChI is InChI=1S/C31H29FN4O6/c32-25-13-20(15-33)4-7-28(25)40-18-21-2-1-3-23(12-21)42-24-8-10-35(16-24)17-29-34-26-6-5-22(30(37)38)14-27(26)36(29)19-31(39)9-11-41-31/h1-7,12-14,24,39H,8-11,16-19H2,(H,37,38)/t24-,31+/m0/s1. The van der Waals surface area contributed by atoms with E-state index in [1.807, 2.05) is 34.9 Å². The average molecular weight is 573 g/mol. The van der Waals surface area contributed by atoms with E-state index >= 15 is 0 Å². The third kappa shape index (κ3) is 5.92. The van der Waals surface area contributed by atoms with Crippen molar-refractivity contribution in [2.24, 2.45) is 0 Å². The molecule has 4 aromatic rings. The molecule has 0 unspecified atom stereocenters. The highest BCUT2D eigenvalue weighted by Crippen LogP contribution is 2.30. The molecule has 0 radical (unpaired) electrons. The third-order valence-electron chi connectivity index (χ3n) is 7.59. The van der Waals surface area contributed by atoms with E-state index in [2.05, 4.69) is 4.90 Å². The summed E-state index contributed by atoms with van der Waals surface area (Å²) in [5.41, 5.74) is 2.50. The summed E-state index contributed by atoms with van der Waals surface area (Å²) >= 11 is 0. The van der Waals surface area contributed by atoms with E-state index in [9.17, 15) is 19.4 Å². The number of hydrogen-bond donors (Lipinski definition) is 2. The second kappa shape index (κ2) is 11.4. The van der Waals surface area contributed by atoms with Gasteiger partial charge in [-0.3, -0.25) is 4.90 Å². The van der Waals surface area contributed by atoms with Crippen LogP contribution >= 0.6 is 0 Å². The summed E-state index contributed by atoms with van der Waals surface area (Å²) in [6.07, 6.45) is 1.23. The quantitative estimate of drug-likeness (QED) is 0.289. The van der Waals surface area contributed by atoms with Gasteiger partial charge in [-0.2, -0.15) is 5.26 Å². The van der Waals surface area contributed by atoms with E-state index in [1.165, 1.54) is 18.2 Å². The maximum atomic E-state index is 14.2. The largest absolute Gasteiger partial charge is 0.489 e. The summed E-state index contributed by atoms with van der Waals surface area (Å²) < 4.78 is 33.3. The van der Waals surface area contributed by atoms with E-state index < -0.39 is 17.6 Å². The van der Waals surface area contributed by atoms with Crippen LogP contribution in [0.25, 0.3) is 11.0 Å². The van der Waals surface area contributed by atoms with E-state index in [1.54, 1.807) is 12.1 Å². The number of aromatic nitrogens is 2. The Morgan fingerprint density at radius 3 is 2.81 bits per heavy atom. The molecule has 0 amide bonds. The molecular weight excluding hydrogens is 543 g/mol. The van der Waals surface area contributed by atoms with Crippen LogP contribution in [-0.2, 0) is 24.4 Å². The number of carboxylic acid groups (broad SMARTS) is 1. The Bertz CT molecular complexity index is 1680. The van der Waals surface area contributed by atoms with Crippen LogP contribution in [0.15, 0.2) is 60.7 Å². The van der Waals surface area contributed by atoms with Crippen molar-refractivity contribution in [3.63, 3.8) is 0 Å². The van der Waals surface area contributed by atoms with Crippen LogP contribution in [0.5, 0.6) is 11.5 Å². The molecule has 1 aromatic heterocycles. The lowest BCUT2D eigenvalue weighted by atomic mass is 10.1. The Morgan fingerprint density at radius 1 is 1.21 bits per heavy atom. The molecule has 2 aliphatic rings. The number of benzene rings is 3. The fourth-order valence-electron chi connectivity index (χ4n) is 5.30. The van der Waals surface area contributed by atoms with Crippen molar-refractivity contribution in [3.05, 3.63) is 89.0 Å². The van der Waals surface area contributed by atoms with Crippen molar-refractivity contribution in [2.75, 3.05) is 19.7 Å². The Morgan fingerprint density at radius 2 is 2.07 bits per heavy atom. The van der Waals surface area contributed by atoms with Gasteiger partial charge in [0.15, 0.2) is 17.4 Å². The Labute approximate surface area is 241 Å². The number of nitrogens with zero attached hydrogens (tertiary/aromatic N) is 4. The normalized spacial score (nSPS) is 20.3. The molecule has 0 bridgehead atoms. The Kier molecular flexibility index (Phi) is 7.51. The minimum absolute atomic E-state index is 0.0623. The first-order valence-electron chi connectivity index (χ1n) is 13.7. The SMILES string of the molecule is N#Cc1ccc(OCc2cccc(O[C@H]3CCN(Cc4nc5ccc(C(=O)O)cc5n4C[C@@]4(O)CCO4)C3)c2)c(F)c1. The first kappa shape index (κ1) is 27.7. The molecule has 3 aromatic carbocycles. The van der Waals surface area contributed by atoms with Crippen LogP contribution in [0, 0.1) is 17.1 Å². The summed E-state index contributed by atoms with van der Waals surface area (Å²) in [5.74, 6) is -1.43. The number of imidazole rings is 1. The summed E-state index contributed by atoms with van der Waals surface area (Å²) in [7, 11) is 0. The predicted octanol–water partition coefficient (Wildman–Crippen LogP) is 4.09. The van der Waals surface area contributed by atoms with Crippen LogP contribution in [0.3, 0.4) is 0 Å². The number of carbonyl (C=O) groups is 1. The van der Waals surface area contributed by atoms with E-state index in [0.29, 0.717) is 48.7 Å². The van der Waals surface area contributed by atoms with Crippen LogP contribution in [0.4, 0.5) is 4.39 Å².